The Kier molecular flexibility index (Phi) is 3.20. The van der Waals surface area contributed by atoms with Crippen molar-refractivity contribution in [2.75, 3.05) is 6.54 Å². The molecule has 2 nitrogen and oxygen atoms in total. The summed E-state index contributed by atoms with van der Waals surface area (Å²) in [4.78, 5) is 4.54. The molecule has 0 radical (unpaired) electrons. The van der Waals surface area contributed by atoms with Gasteiger partial charge < -0.3 is 5.32 Å². The predicted molar refractivity (Wildman–Crippen MR) is 66.0 cm³/mol. The van der Waals surface area contributed by atoms with Gasteiger partial charge in [0.2, 0.25) is 0 Å². The molecule has 0 amide bonds. The molecule has 82 valence electrons. The molecule has 0 aliphatic carbocycles. The Balaban J connectivity index is 2.49. The number of hydrogen-bond donors (Lipinski definition) is 1. The van der Waals surface area contributed by atoms with E-state index < -0.39 is 0 Å². The first-order valence-corrected chi connectivity index (χ1v) is 6.06. The first kappa shape index (κ1) is 11.9. The van der Waals surface area contributed by atoms with Crippen molar-refractivity contribution in [1.82, 2.24) is 5.32 Å². The zero-order chi connectivity index (χ0) is 11.0. The highest BCUT2D eigenvalue weighted by Crippen LogP contribution is 2.34. The van der Waals surface area contributed by atoms with Gasteiger partial charge in [0.05, 0.1) is 6.54 Å². The second-order valence-electron chi connectivity index (χ2n) is 5.99. The van der Waals surface area contributed by atoms with Crippen LogP contribution in [0.2, 0.25) is 0 Å². The average Bonchev–Trinajstić information content (AvgIpc) is 2.29. The molecule has 0 fully saturated rings. The Bertz CT molecular complexity index is 233. The van der Waals surface area contributed by atoms with Crippen molar-refractivity contribution < 1.29 is 0 Å². The standard InChI is InChI=1S/C11H22N2S/c1-10(2,3)8-7-12-9(14-8)13-11(4,5)6/h8H,7H2,1-6H3,(H,12,13). The third kappa shape index (κ3) is 3.52. The van der Waals surface area contributed by atoms with Gasteiger partial charge in [-0.2, -0.15) is 0 Å². The van der Waals surface area contributed by atoms with Crippen LogP contribution in [0.15, 0.2) is 4.99 Å². The minimum atomic E-state index is 0.124. The molecular weight excluding hydrogens is 192 g/mol. The molecule has 1 aliphatic heterocycles. The monoisotopic (exact) mass is 214 g/mol. The summed E-state index contributed by atoms with van der Waals surface area (Å²) >= 11 is 1.88. The van der Waals surface area contributed by atoms with Gasteiger partial charge >= 0.3 is 0 Å². The van der Waals surface area contributed by atoms with Crippen LogP contribution in [0.1, 0.15) is 41.5 Å². The Morgan fingerprint density at radius 1 is 1.21 bits per heavy atom. The lowest BCUT2D eigenvalue weighted by molar-refractivity contribution is 0.402. The highest BCUT2D eigenvalue weighted by atomic mass is 32.2. The number of thioether (sulfide) groups is 1. The van der Waals surface area contributed by atoms with E-state index >= 15 is 0 Å². The van der Waals surface area contributed by atoms with Gasteiger partial charge in [-0.1, -0.05) is 32.5 Å². The zero-order valence-electron chi connectivity index (χ0n) is 10.1. The summed E-state index contributed by atoms with van der Waals surface area (Å²) in [5, 5.41) is 5.16. The van der Waals surface area contributed by atoms with Crippen LogP contribution < -0.4 is 5.32 Å². The predicted octanol–water partition coefficient (Wildman–Crippen LogP) is 2.89. The normalized spacial score (nSPS) is 23.6. The summed E-state index contributed by atoms with van der Waals surface area (Å²) in [5.74, 6) is 0. The maximum Gasteiger partial charge on any atom is 0.157 e. The lowest BCUT2D eigenvalue weighted by Gasteiger charge is -2.26. The lowest BCUT2D eigenvalue weighted by atomic mass is 9.92. The van der Waals surface area contributed by atoms with Crippen LogP contribution in [-0.2, 0) is 0 Å². The summed E-state index contributed by atoms with van der Waals surface area (Å²) in [6.07, 6.45) is 0. The number of nitrogens with zero attached hydrogens (tertiary/aromatic N) is 1. The number of hydrogen-bond acceptors (Lipinski definition) is 3. The molecule has 1 unspecified atom stereocenters. The van der Waals surface area contributed by atoms with Crippen LogP contribution in [0.4, 0.5) is 0 Å². The number of aliphatic imine (C=N–C) groups is 1. The minimum Gasteiger partial charge on any atom is -0.360 e. The number of rotatable bonds is 0. The third-order valence-electron chi connectivity index (χ3n) is 2.10. The van der Waals surface area contributed by atoms with E-state index in [-0.39, 0.29) is 5.54 Å². The fraction of sp³-hybridized carbons (Fsp3) is 0.909. The minimum absolute atomic E-state index is 0.124. The fourth-order valence-corrected chi connectivity index (χ4v) is 2.50. The van der Waals surface area contributed by atoms with Gasteiger partial charge in [-0.15, -0.1) is 0 Å². The van der Waals surface area contributed by atoms with Crippen molar-refractivity contribution in [3.8, 4) is 0 Å². The zero-order valence-corrected chi connectivity index (χ0v) is 11.0. The van der Waals surface area contributed by atoms with Crippen LogP contribution in [0.5, 0.6) is 0 Å². The molecule has 14 heavy (non-hydrogen) atoms. The molecule has 0 spiro atoms. The molecule has 1 rings (SSSR count). The summed E-state index contributed by atoms with van der Waals surface area (Å²) < 4.78 is 0. The van der Waals surface area contributed by atoms with Gasteiger partial charge in [0, 0.05) is 10.8 Å². The van der Waals surface area contributed by atoms with Gasteiger partial charge in [-0.05, 0) is 26.2 Å². The molecular formula is C11H22N2S. The van der Waals surface area contributed by atoms with E-state index in [9.17, 15) is 0 Å². The topological polar surface area (TPSA) is 24.4 Å². The Labute approximate surface area is 92.0 Å². The van der Waals surface area contributed by atoms with Crippen LogP contribution >= 0.6 is 11.8 Å². The Morgan fingerprint density at radius 2 is 1.79 bits per heavy atom. The largest absolute Gasteiger partial charge is 0.360 e. The van der Waals surface area contributed by atoms with E-state index in [1.54, 1.807) is 0 Å². The fourth-order valence-electron chi connectivity index (χ4n) is 1.22. The summed E-state index contributed by atoms with van der Waals surface area (Å²) in [6.45, 7) is 14.3. The van der Waals surface area contributed by atoms with Crippen LogP contribution in [-0.4, -0.2) is 22.5 Å². The molecule has 0 bridgehead atoms. The first-order chi connectivity index (χ1) is 6.18. The van der Waals surface area contributed by atoms with Gasteiger partial charge in [0.25, 0.3) is 0 Å². The summed E-state index contributed by atoms with van der Waals surface area (Å²) in [7, 11) is 0. The molecule has 0 saturated heterocycles. The Hall–Kier alpha value is -0.180. The SMILES string of the molecule is CC(C)(C)NC1=NCC(C(C)(C)C)S1. The molecule has 0 aromatic carbocycles. The van der Waals surface area contributed by atoms with Crippen molar-refractivity contribution in [3.05, 3.63) is 0 Å². The van der Waals surface area contributed by atoms with Crippen LogP contribution in [0.3, 0.4) is 0 Å². The molecule has 3 heteroatoms. The third-order valence-corrected chi connectivity index (χ3v) is 3.70. The van der Waals surface area contributed by atoms with Crippen molar-refractivity contribution in [3.63, 3.8) is 0 Å². The quantitative estimate of drug-likeness (QED) is 0.670. The van der Waals surface area contributed by atoms with Gasteiger partial charge in [0.15, 0.2) is 5.17 Å². The molecule has 1 N–H and O–H groups in total. The smallest absolute Gasteiger partial charge is 0.157 e. The molecule has 1 atom stereocenters. The highest BCUT2D eigenvalue weighted by Gasteiger charge is 2.31. The second-order valence-corrected chi connectivity index (χ2v) is 7.18. The number of nitrogens with one attached hydrogen (secondary N) is 1. The Morgan fingerprint density at radius 3 is 2.14 bits per heavy atom. The van der Waals surface area contributed by atoms with Gasteiger partial charge in [-0.25, -0.2) is 0 Å². The highest BCUT2D eigenvalue weighted by molar-refractivity contribution is 8.14. The van der Waals surface area contributed by atoms with Gasteiger partial charge in [-0.3, -0.25) is 4.99 Å². The molecule has 0 saturated carbocycles. The second kappa shape index (κ2) is 3.76. The van der Waals surface area contributed by atoms with E-state index in [4.69, 9.17) is 0 Å². The lowest BCUT2D eigenvalue weighted by Crippen LogP contribution is -2.39. The summed E-state index contributed by atoms with van der Waals surface area (Å²) in [5.41, 5.74) is 0.466. The molecule has 1 aliphatic rings. The molecule has 1 heterocycles. The van der Waals surface area contributed by atoms with Crippen molar-refractivity contribution in [1.29, 1.82) is 0 Å². The van der Waals surface area contributed by atoms with E-state index in [1.807, 2.05) is 11.8 Å². The first-order valence-electron chi connectivity index (χ1n) is 5.18. The van der Waals surface area contributed by atoms with Gasteiger partial charge in [0.1, 0.15) is 0 Å². The van der Waals surface area contributed by atoms with Crippen molar-refractivity contribution in [2.45, 2.75) is 52.3 Å². The maximum atomic E-state index is 4.54. The summed E-state index contributed by atoms with van der Waals surface area (Å²) in [6, 6.07) is 0. The average molecular weight is 214 g/mol. The molecule has 0 aromatic heterocycles. The van der Waals surface area contributed by atoms with E-state index in [0.29, 0.717) is 10.7 Å². The van der Waals surface area contributed by atoms with Crippen LogP contribution in [0, 0.1) is 5.41 Å². The van der Waals surface area contributed by atoms with E-state index in [0.717, 1.165) is 11.7 Å². The number of amidine groups is 1. The van der Waals surface area contributed by atoms with Crippen LogP contribution in [0.25, 0.3) is 0 Å². The van der Waals surface area contributed by atoms with E-state index in [1.165, 1.54) is 0 Å². The van der Waals surface area contributed by atoms with Crippen molar-refractivity contribution >= 4 is 16.9 Å². The maximum absolute atomic E-state index is 4.54. The molecule has 0 aromatic rings. The van der Waals surface area contributed by atoms with E-state index in [2.05, 4.69) is 51.9 Å². The van der Waals surface area contributed by atoms with Crippen molar-refractivity contribution in [2.24, 2.45) is 10.4 Å².